The molecule has 0 radical (unpaired) electrons. The average molecular weight is 302 g/mol. The van der Waals surface area contributed by atoms with Crippen LogP contribution in [0.2, 0.25) is 0 Å². The van der Waals surface area contributed by atoms with Crippen molar-refractivity contribution in [2.45, 2.75) is 18.6 Å². The molecule has 0 saturated carbocycles. The molecule has 0 spiro atoms. The van der Waals surface area contributed by atoms with E-state index in [1.54, 1.807) is 0 Å². The molecule has 2 N–H and O–H groups in total. The number of nitrogens with one attached hydrogen (secondary N) is 1. The summed E-state index contributed by atoms with van der Waals surface area (Å²) in [5.41, 5.74) is 9.68. The first-order valence-corrected chi connectivity index (χ1v) is 5.99. The number of fused-ring (bicyclic) bond motifs is 1. The Hall–Kier alpha value is 0.0534. The van der Waals surface area contributed by atoms with Gasteiger partial charge in [0.1, 0.15) is 0 Å². The molecule has 0 amide bonds. The summed E-state index contributed by atoms with van der Waals surface area (Å²) in [6, 6.07) is 7.34. The number of hydrogen-bond acceptors (Lipinski definition) is 1. The van der Waals surface area contributed by atoms with Crippen molar-refractivity contribution in [3.05, 3.63) is 48.6 Å². The van der Waals surface area contributed by atoms with Gasteiger partial charge in [0.2, 0.25) is 0 Å². The smallest absolute Gasteiger partial charge is 0.0459 e. The summed E-state index contributed by atoms with van der Waals surface area (Å²) < 4.78 is 0. The van der Waals surface area contributed by atoms with E-state index in [-0.39, 0.29) is 7.43 Å². The third kappa shape index (κ3) is 2.77. The third-order valence-electron chi connectivity index (χ3n) is 2.20. The summed E-state index contributed by atoms with van der Waals surface area (Å²) in [5.74, 6) is 0. The maximum atomic E-state index is 9.33. The zero-order valence-corrected chi connectivity index (χ0v) is 10.2. The van der Waals surface area contributed by atoms with E-state index in [4.69, 9.17) is 5.73 Å². The fourth-order valence-electron chi connectivity index (χ4n) is 1.57. The molecule has 1 aromatic carbocycles. The molecule has 0 fully saturated rings. The molecule has 0 aliphatic heterocycles. The van der Waals surface area contributed by atoms with Gasteiger partial charge in [-0.3, -0.25) is 0 Å². The van der Waals surface area contributed by atoms with Gasteiger partial charge in [0.05, 0.1) is 0 Å². The van der Waals surface area contributed by atoms with E-state index in [1.807, 2.05) is 41.6 Å². The number of halogens is 1. The van der Waals surface area contributed by atoms with Gasteiger partial charge in [-0.2, -0.15) is 0 Å². The summed E-state index contributed by atoms with van der Waals surface area (Å²) in [6.07, 6.45) is 0.150. The Bertz CT molecular complexity index is 283. The predicted molar refractivity (Wildman–Crippen MR) is 55.5 cm³/mol. The number of hydrogen-bond donors (Lipinski definition) is 1. The van der Waals surface area contributed by atoms with E-state index in [9.17, 15) is 5.11 Å². The fraction of sp³-hybridized carbons (Fsp3) is 0.300. The topological polar surface area (TPSA) is 44.0 Å². The molecular formula is C10H13ClNORh. The molecular weight excluding hydrogens is 288 g/mol. The van der Waals surface area contributed by atoms with E-state index in [1.165, 1.54) is 0 Å². The van der Waals surface area contributed by atoms with Gasteiger partial charge in [0.15, 0.2) is 0 Å². The van der Waals surface area contributed by atoms with Crippen LogP contribution in [0.15, 0.2) is 24.3 Å². The molecule has 80 valence electrons. The van der Waals surface area contributed by atoms with Crippen LogP contribution < -0.4 is 0 Å². The maximum Gasteiger partial charge on any atom is 0.0459 e. The maximum absolute atomic E-state index is 9.33. The summed E-state index contributed by atoms with van der Waals surface area (Å²) in [4.78, 5) is 0. The van der Waals surface area contributed by atoms with Crippen LogP contribution in [-0.2, 0) is 23.7 Å². The van der Waals surface area contributed by atoms with E-state index in [0.717, 1.165) is 11.1 Å². The molecule has 2 atom stereocenters. The predicted octanol–water partition coefficient (Wildman–Crippen LogP) is 2.83. The summed E-state index contributed by atoms with van der Waals surface area (Å²) in [7, 11) is 4.53. The minimum absolute atomic E-state index is 0. The fourth-order valence-corrected chi connectivity index (χ4v) is 1.57. The van der Waals surface area contributed by atoms with E-state index < -0.39 is 12.1 Å². The van der Waals surface area contributed by atoms with Gasteiger partial charge in [0, 0.05) is 6.10 Å². The molecule has 1 aliphatic rings. The quantitative estimate of drug-likeness (QED) is 0.581. The van der Waals surface area contributed by atoms with Crippen molar-refractivity contribution < 1.29 is 22.4 Å². The van der Waals surface area contributed by atoms with Gasteiger partial charge in [-0.05, 0) is 12.0 Å². The first-order chi connectivity index (χ1) is 6.29. The van der Waals surface area contributed by atoms with Crippen molar-refractivity contribution in [1.82, 2.24) is 0 Å². The Morgan fingerprint density at radius 1 is 1.36 bits per heavy atom. The van der Waals surface area contributed by atoms with Crippen LogP contribution in [0.25, 0.3) is 5.73 Å². The van der Waals surface area contributed by atoms with Gasteiger partial charge in [0.25, 0.3) is 0 Å². The third-order valence-corrected chi connectivity index (χ3v) is 2.20. The number of benzene rings is 1. The average Bonchev–Trinajstić information content (AvgIpc) is 2.47. The molecule has 0 aromatic heterocycles. The second-order valence-corrected chi connectivity index (χ2v) is 2.95. The summed E-state index contributed by atoms with van der Waals surface area (Å²) in [6.45, 7) is 0. The van der Waals surface area contributed by atoms with Crippen molar-refractivity contribution in [2.24, 2.45) is 0 Å². The van der Waals surface area contributed by atoms with Gasteiger partial charge in [-0.25, -0.2) is 0 Å². The molecule has 14 heavy (non-hydrogen) atoms. The van der Waals surface area contributed by atoms with Crippen LogP contribution in [0, 0.1) is 7.43 Å². The first-order valence-electron chi connectivity index (χ1n) is 3.88. The normalized spacial score (nSPS) is 22.9. The van der Waals surface area contributed by atoms with Crippen molar-refractivity contribution in [3.63, 3.8) is 0 Å². The first kappa shape index (κ1) is 14.1. The van der Waals surface area contributed by atoms with E-state index in [2.05, 4.69) is 9.69 Å². The minimum atomic E-state index is -0.493. The van der Waals surface area contributed by atoms with Crippen LogP contribution in [0.1, 0.15) is 17.2 Å². The molecule has 4 heteroatoms. The zero-order chi connectivity index (χ0) is 9.84. The van der Waals surface area contributed by atoms with Crippen molar-refractivity contribution in [2.75, 3.05) is 0 Å². The van der Waals surface area contributed by atoms with Gasteiger partial charge >= 0.3 is 27.0 Å². The second kappa shape index (κ2) is 6.52. The molecule has 1 aromatic rings. The Balaban J connectivity index is 0.000000531. The van der Waals surface area contributed by atoms with Crippen molar-refractivity contribution in [3.8, 4) is 0 Å². The van der Waals surface area contributed by atoms with Crippen molar-refractivity contribution >= 4 is 9.69 Å². The van der Waals surface area contributed by atoms with Crippen LogP contribution >= 0.6 is 9.69 Å². The second-order valence-electron chi connectivity index (χ2n) is 2.95. The van der Waals surface area contributed by atoms with Gasteiger partial charge in [-0.1, -0.05) is 35.9 Å². The SMILES string of the molecule is [CH3-].[Cl][Rh+2].[NH-]C1c2ccccc2CC1O. The van der Waals surface area contributed by atoms with Crippen LogP contribution in [-0.4, -0.2) is 11.2 Å². The molecule has 0 heterocycles. The van der Waals surface area contributed by atoms with E-state index in [0.29, 0.717) is 6.42 Å². The molecule has 0 bridgehead atoms. The zero-order valence-electron chi connectivity index (χ0n) is 7.83. The largest absolute Gasteiger partial charge is 0.669 e. The molecule has 1 aliphatic carbocycles. The molecule has 2 rings (SSSR count). The van der Waals surface area contributed by atoms with Crippen molar-refractivity contribution in [1.29, 1.82) is 0 Å². The van der Waals surface area contributed by atoms with Crippen LogP contribution in [0.4, 0.5) is 0 Å². The summed E-state index contributed by atoms with van der Waals surface area (Å²) in [5, 5.41) is 9.33. The van der Waals surface area contributed by atoms with Gasteiger partial charge < -0.3 is 18.3 Å². The molecule has 2 unspecified atom stereocenters. The number of aliphatic hydroxyl groups excluding tert-OH is 1. The Labute approximate surface area is 99.2 Å². The van der Waals surface area contributed by atoms with Crippen LogP contribution in [0.5, 0.6) is 0 Å². The Morgan fingerprint density at radius 2 is 1.93 bits per heavy atom. The van der Waals surface area contributed by atoms with E-state index >= 15 is 0 Å². The minimum Gasteiger partial charge on any atom is -0.669 e. The number of aliphatic hydroxyl groups is 1. The van der Waals surface area contributed by atoms with Crippen LogP contribution in [0.3, 0.4) is 0 Å². The van der Waals surface area contributed by atoms with Gasteiger partial charge in [-0.15, -0.1) is 0 Å². The number of rotatable bonds is 0. The monoisotopic (exact) mass is 301 g/mol. The molecule has 0 saturated heterocycles. The standard InChI is InChI=1S/C9H10NO.CH3.ClH.Rh/c10-9-7-4-2-1-3-6(7)5-8(9)11;;;/h1-4,8-11H,5H2;1H3;1H;/q2*-1;;+3/p-1. The molecule has 2 nitrogen and oxygen atoms in total. The Morgan fingerprint density at radius 3 is 2.50 bits per heavy atom. The Kier molecular flexibility index (Phi) is 6.55. The summed E-state index contributed by atoms with van der Waals surface area (Å²) >= 11 is 2.02.